The number of fused-ring (bicyclic) bond motifs is 1. The fourth-order valence-electron chi connectivity index (χ4n) is 2.27. The Morgan fingerprint density at radius 2 is 2.13 bits per heavy atom. The van der Waals surface area contributed by atoms with Crippen molar-refractivity contribution >= 4 is 28.4 Å². The van der Waals surface area contributed by atoms with Crippen molar-refractivity contribution in [1.82, 2.24) is 0 Å². The lowest BCUT2D eigenvalue weighted by Crippen LogP contribution is -1.91. The Hall–Kier alpha value is -2.52. The van der Waals surface area contributed by atoms with Crippen LogP contribution in [0.3, 0.4) is 0 Å². The van der Waals surface area contributed by atoms with Crippen molar-refractivity contribution in [3.8, 4) is 5.75 Å². The minimum Gasteiger partial charge on any atom is -0.490 e. The van der Waals surface area contributed by atoms with Gasteiger partial charge in [-0.05, 0) is 36.4 Å². The van der Waals surface area contributed by atoms with E-state index in [2.05, 4.69) is 12.6 Å². The molecule has 0 radical (unpaired) electrons. The average Bonchev–Trinajstić information content (AvgIpc) is 2.97. The van der Waals surface area contributed by atoms with Gasteiger partial charge in [0, 0.05) is 15.6 Å². The molecule has 3 nitrogen and oxygen atoms in total. The lowest BCUT2D eigenvalue weighted by molar-refractivity contribution is 0.102. The molecule has 116 valence electrons. The van der Waals surface area contributed by atoms with E-state index in [0.29, 0.717) is 17.9 Å². The van der Waals surface area contributed by atoms with Crippen LogP contribution in [0.15, 0.2) is 59.5 Å². The third kappa shape index (κ3) is 2.88. The number of allylic oxidation sites excluding steroid dienone is 1. The molecule has 1 aromatic heterocycles. The minimum atomic E-state index is -0.223. The fourth-order valence-corrected chi connectivity index (χ4v) is 2.56. The van der Waals surface area contributed by atoms with Gasteiger partial charge in [0.15, 0.2) is 17.1 Å². The first kappa shape index (κ1) is 15.4. The topological polar surface area (TPSA) is 39.4 Å². The Morgan fingerprint density at radius 3 is 2.61 bits per heavy atom. The van der Waals surface area contributed by atoms with Gasteiger partial charge >= 0.3 is 0 Å². The van der Waals surface area contributed by atoms with Gasteiger partial charge in [-0.25, -0.2) is 0 Å². The van der Waals surface area contributed by atoms with Crippen LogP contribution in [0, 0.1) is 10.4 Å². The van der Waals surface area contributed by atoms with Crippen LogP contribution in [0.1, 0.15) is 17.5 Å². The number of hydrogen-bond donors (Lipinski definition) is 0. The second kappa shape index (κ2) is 6.31. The van der Waals surface area contributed by atoms with Crippen LogP contribution in [0.25, 0.3) is 11.0 Å². The smallest absolute Gasteiger partial charge is 0.220 e. The molecular weight excluding hydrogens is 312 g/mol. The average molecular weight is 327 g/mol. The summed E-state index contributed by atoms with van der Waals surface area (Å²) in [5.74, 6) is 0.721. The summed E-state index contributed by atoms with van der Waals surface area (Å²) in [6, 6.07) is 13.3. The molecule has 0 spiro atoms. The van der Waals surface area contributed by atoms with Gasteiger partial charge in [-0.1, -0.05) is 42.4 Å². The zero-order valence-corrected chi connectivity index (χ0v) is 13.4. The normalized spacial score (nSPS) is 10.7. The van der Waals surface area contributed by atoms with Crippen LogP contribution in [0.5, 0.6) is 5.75 Å². The first-order valence-corrected chi connectivity index (χ1v) is 7.64. The Balaban J connectivity index is 0.000000183. The van der Waals surface area contributed by atoms with Crippen molar-refractivity contribution in [2.24, 2.45) is 0 Å². The fraction of sp³-hybridized carbons (Fsp3) is 0.105. The van der Waals surface area contributed by atoms with Crippen LogP contribution in [-0.4, -0.2) is 12.4 Å². The summed E-state index contributed by atoms with van der Waals surface area (Å²) in [5, 5.41) is 4.32. The van der Waals surface area contributed by atoms with Gasteiger partial charge in [0.2, 0.25) is 5.78 Å². The molecule has 2 aliphatic rings. The van der Waals surface area contributed by atoms with Crippen LogP contribution in [0.4, 0.5) is 0 Å². The molecule has 0 N–H and O–H groups in total. The van der Waals surface area contributed by atoms with E-state index in [4.69, 9.17) is 20.8 Å². The van der Waals surface area contributed by atoms with E-state index < -0.39 is 0 Å². The predicted molar refractivity (Wildman–Crippen MR) is 91.0 cm³/mol. The molecule has 0 saturated heterocycles. The SMILES string of the molecule is C=CC(=O)c1cc2cccc(OCC)c2o1.Clc1cc2ccc1=2. The third-order valence-electron chi connectivity index (χ3n) is 3.52. The van der Waals surface area contributed by atoms with Gasteiger partial charge in [-0.2, -0.15) is 0 Å². The highest BCUT2D eigenvalue weighted by Gasteiger charge is 2.12. The summed E-state index contributed by atoms with van der Waals surface area (Å²) in [6.45, 7) is 5.89. The number of furan rings is 1. The first-order chi connectivity index (χ1) is 11.1. The van der Waals surface area contributed by atoms with Crippen molar-refractivity contribution in [3.63, 3.8) is 0 Å². The largest absolute Gasteiger partial charge is 0.490 e. The summed E-state index contributed by atoms with van der Waals surface area (Å²) in [7, 11) is 0. The lowest BCUT2D eigenvalue weighted by Gasteiger charge is -2.01. The van der Waals surface area contributed by atoms with Gasteiger partial charge in [0.1, 0.15) is 0 Å². The van der Waals surface area contributed by atoms with Crippen LogP contribution < -0.4 is 4.74 Å². The highest BCUT2D eigenvalue weighted by Crippen LogP contribution is 2.29. The second-order valence-corrected chi connectivity index (χ2v) is 5.39. The molecule has 0 fully saturated rings. The van der Waals surface area contributed by atoms with Gasteiger partial charge in [0.25, 0.3) is 0 Å². The molecule has 2 aromatic rings. The maximum Gasteiger partial charge on any atom is 0.220 e. The van der Waals surface area contributed by atoms with Crippen LogP contribution >= 0.6 is 11.6 Å². The van der Waals surface area contributed by atoms with E-state index in [1.165, 1.54) is 16.5 Å². The molecule has 0 atom stereocenters. The van der Waals surface area contributed by atoms with E-state index in [9.17, 15) is 4.79 Å². The highest BCUT2D eigenvalue weighted by atomic mass is 35.5. The van der Waals surface area contributed by atoms with E-state index in [1.54, 1.807) is 6.07 Å². The molecule has 4 heteroatoms. The van der Waals surface area contributed by atoms with Crippen molar-refractivity contribution in [2.75, 3.05) is 6.61 Å². The van der Waals surface area contributed by atoms with Gasteiger partial charge < -0.3 is 9.15 Å². The zero-order chi connectivity index (χ0) is 16.4. The predicted octanol–water partition coefficient (Wildman–Crippen LogP) is 5.14. The van der Waals surface area contributed by atoms with Crippen LogP contribution in [0.2, 0.25) is 5.02 Å². The van der Waals surface area contributed by atoms with E-state index >= 15 is 0 Å². The molecule has 0 amide bonds. The number of ketones is 1. The van der Waals surface area contributed by atoms with E-state index in [1.807, 2.05) is 37.3 Å². The summed E-state index contributed by atoms with van der Waals surface area (Å²) in [4.78, 5) is 11.4. The number of halogens is 1. The number of carbonyl (C=O) groups is 1. The first-order valence-electron chi connectivity index (χ1n) is 7.26. The van der Waals surface area contributed by atoms with Crippen LogP contribution in [-0.2, 0) is 0 Å². The molecule has 2 aliphatic carbocycles. The molecule has 0 unspecified atom stereocenters. The number of para-hydroxylation sites is 1. The molecule has 0 bridgehead atoms. The molecule has 0 saturated carbocycles. The summed E-state index contributed by atoms with van der Waals surface area (Å²) in [5.41, 5.74) is 0.606. The Morgan fingerprint density at radius 1 is 1.30 bits per heavy atom. The number of benzene rings is 2. The molecule has 1 heterocycles. The molecule has 1 aromatic carbocycles. The molecule has 23 heavy (non-hydrogen) atoms. The maximum absolute atomic E-state index is 11.4. The number of hydrogen-bond acceptors (Lipinski definition) is 3. The summed E-state index contributed by atoms with van der Waals surface area (Å²) in [6.07, 6.45) is 1.23. The second-order valence-electron chi connectivity index (χ2n) is 4.98. The third-order valence-corrected chi connectivity index (χ3v) is 3.83. The standard InChI is InChI=1S/C13H12O3.C6H3Cl/c1-3-10(14)12-8-9-6-5-7-11(15-4-2)13(9)16-12;7-6-3-4-1-2-5(4)6/h3,5-8H,1,4H2,2H3;1-3H. The monoisotopic (exact) mass is 326 g/mol. The molecule has 4 rings (SSSR count). The minimum absolute atomic E-state index is 0.223. The number of ether oxygens (including phenoxy) is 1. The van der Waals surface area contributed by atoms with Crippen molar-refractivity contribution < 1.29 is 13.9 Å². The zero-order valence-electron chi connectivity index (χ0n) is 12.6. The van der Waals surface area contributed by atoms with E-state index in [0.717, 1.165) is 10.4 Å². The lowest BCUT2D eigenvalue weighted by atomic mass is 10.1. The summed E-state index contributed by atoms with van der Waals surface area (Å²) >= 11 is 5.60. The highest BCUT2D eigenvalue weighted by molar-refractivity contribution is 6.31. The molecule has 0 aliphatic heterocycles. The van der Waals surface area contributed by atoms with Crippen molar-refractivity contribution in [2.45, 2.75) is 6.92 Å². The van der Waals surface area contributed by atoms with E-state index in [-0.39, 0.29) is 11.5 Å². The van der Waals surface area contributed by atoms with Crippen molar-refractivity contribution in [1.29, 1.82) is 0 Å². The molecular formula is C19H15ClO3. The van der Waals surface area contributed by atoms with Gasteiger partial charge in [-0.15, -0.1) is 0 Å². The van der Waals surface area contributed by atoms with Gasteiger partial charge in [-0.3, -0.25) is 4.79 Å². The number of carbonyl (C=O) groups excluding carboxylic acids is 1. The van der Waals surface area contributed by atoms with Crippen molar-refractivity contribution in [3.05, 3.63) is 76.3 Å². The summed E-state index contributed by atoms with van der Waals surface area (Å²) < 4.78 is 10.9. The van der Waals surface area contributed by atoms with Gasteiger partial charge in [0.05, 0.1) is 6.61 Å². The Bertz CT molecular complexity index is 986. The Labute approximate surface area is 138 Å². The maximum atomic E-state index is 11.4. The quantitative estimate of drug-likeness (QED) is 0.385. The Kier molecular flexibility index (Phi) is 4.22. The number of rotatable bonds is 4.